The lowest BCUT2D eigenvalue weighted by Crippen LogP contribution is -2.43. The van der Waals surface area contributed by atoms with Gasteiger partial charge in [0.2, 0.25) is 0 Å². The van der Waals surface area contributed by atoms with Gasteiger partial charge in [-0.1, -0.05) is 37.3 Å². The lowest BCUT2D eigenvalue weighted by atomic mass is 9.93. The number of hydrogen-bond donors (Lipinski definition) is 1. The smallest absolute Gasteiger partial charge is 0.330 e. The Hall–Kier alpha value is -1.39. The number of carbonyl (C=O) groups excluding carboxylic acids is 1. The average Bonchev–Trinajstić information content (AvgIpc) is 2.39. The van der Waals surface area contributed by atoms with Gasteiger partial charge in [-0.3, -0.25) is 0 Å². The molecule has 0 saturated carbocycles. The fourth-order valence-corrected chi connectivity index (χ4v) is 1.49. The zero-order valence-corrected chi connectivity index (χ0v) is 11.0. The number of hydrogen-bond acceptors (Lipinski definition) is 4. The van der Waals surface area contributed by atoms with E-state index in [1.807, 2.05) is 37.3 Å². The highest BCUT2D eigenvalue weighted by molar-refractivity contribution is 5.81. The molecule has 0 aliphatic carbocycles. The molecule has 4 nitrogen and oxygen atoms in total. The molecular formula is C14H21NO3. The van der Waals surface area contributed by atoms with E-state index in [-0.39, 0.29) is 6.61 Å². The maximum Gasteiger partial charge on any atom is 0.330 e. The Morgan fingerprint density at radius 3 is 2.50 bits per heavy atom. The molecule has 0 amide bonds. The van der Waals surface area contributed by atoms with E-state index in [4.69, 9.17) is 15.2 Å². The van der Waals surface area contributed by atoms with Crippen LogP contribution in [0.5, 0.6) is 0 Å². The molecule has 1 unspecified atom stereocenters. The number of carbonyl (C=O) groups is 1. The highest BCUT2D eigenvalue weighted by Gasteiger charge is 2.31. The lowest BCUT2D eigenvalue weighted by Gasteiger charge is -2.22. The SMILES string of the molecule is CCCOCCOC(=O)C(C)(N)c1ccccc1. The molecule has 18 heavy (non-hydrogen) atoms. The third kappa shape index (κ3) is 4.13. The first-order valence-electron chi connectivity index (χ1n) is 6.18. The fourth-order valence-electron chi connectivity index (χ4n) is 1.49. The summed E-state index contributed by atoms with van der Waals surface area (Å²) < 4.78 is 10.4. The van der Waals surface area contributed by atoms with Crippen LogP contribution in [0.15, 0.2) is 30.3 Å². The van der Waals surface area contributed by atoms with Gasteiger partial charge >= 0.3 is 5.97 Å². The minimum atomic E-state index is -1.12. The van der Waals surface area contributed by atoms with Crippen molar-refractivity contribution in [3.63, 3.8) is 0 Å². The summed E-state index contributed by atoms with van der Waals surface area (Å²) in [6.07, 6.45) is 0.951. The van der Waals surface area contributed by atoms with Crippen LogP contribution < -0.4 is 5.73 Å². The molecule has 0 aliphatic rings. The Kier molecular flexibility index (Phi) is 5.82. The molecule has 0 aromatic heterocycles. The van der Waals surface area contributed by atoms with Gasteiger partial charge < -0.3 is 15.2 Å². The molecule has 0 aliphatic heterocycles. The van der Waals surface area contributed by atoms with Crippen molar-refractivity contribution >= 4 is 5.97 Å². The van der Waals surface area contributed by atoms with E-state index in [1.165, 1.54) is 0 Å². The topological polar surface area (TPSA) is 61.5 Å². The first-order valence-corrected chi connectivity index (χ1v) is 6.18. The van der Waals surface area contributed by atoms with E-state index in [0.29, 0.717) is 13.2 Å². The van der Waals surface area contributed by atoms with Gasteiger partial charge in [-0.15, -0.1) is 0 Å². The predicted molar refractivity (Wildman–Crippen MR) is 70.1 cm³/mol. The fraction of sp³-hybridized carbons (Fsp3) is 0.500. The van der Waals surface area contributed by atoms with Gasteiger partial charge in [-0.2, -0.15) is 0 Å². The number of ether oxygens (including phenoxy) is 2. The maximum atomic E-state index is 11.9. The van der Waals surface area contributed by atoms with Crippen LogP contribution in [0.1, 0.15) is 25.8 Å². The van der Waals surface area contributed by atoms with Gasteiger partial charge in [-0.25, -0.2) is 4.79 Å². The van der Waals surface area contributed by atoms with Gasteiger partial charge in [0.1, 0.15) is 12.1 Å². The van der Waals surface area contributed by atoms with Crippen molar-refractivity contribution in [2.24, 2.45) is 5.73 Å². The van der Waals surface area contributed by atoms with Crippen molar-refractivity contribution in [3.05, 3.63) is 35.9 Å². The van der Waals surface area contributed by atoms with Crippen LogP contribution in [0.3, 0.4) is 0 Å². The Balaban J connectivity index is 2.45. The second-order valence-corrected chi connectivity index (χ2v) is 4.32. The van der Waals surface area contributed by atoms with Crippen LogP contribution in [0.2, 0.25) is 0 Å². The summed E-state index contributed by atoms with van der Waals surface area (Å²) in [6.45, 7) is 5.00. The van der Waals surface area contributed by atoms with Crippen LogP contribution in [0.4, 0.5) is 0 Å². The third-order valence-electron chi connectivity index (χ3n) is 2.61. The lowest BCUT2D eigenvalue weighted by molar-refractivity contribution is -0.151. The largest absolute Gasteiger partial charge is 0.462 e. The van der Waals surface area contributed by atoms with Crippen molar-refractivity contribution in [2.75, 3.05) is 19.8 Å². The number of esters is 1. The molecule has 0 fully saturated rings. The Bertz CT molecular complexity index is 363. The Morgan fingerprint density at radius 2 is 1.89 bits per heavy atom. The first-order chi connectivity index (χ1) is 8.59. The molecule has 1 aromatic carbocycles. The maximum absolute atomic E-state index is 11.9. The second-order valence-electron chi connectivity index (χ2n) is 4.32. The second kappa shape index (κ2) is 7.13. The molecule has 0 spiro atoms. The molecule has 1 atom stereocenters. The molecule has 2 N–H and O–H groups in total. The average molecular weight is 251 g/mol. The van der Waals surface area contributed by atoms with Crippen molar-refractivity contribution in [3.8, 4) is 0 Å². The Morgan fingerprint density at radius 1 is 1.22 bits per heavy atom. The first kappa shape index (κ1) is 14.7. The minimum Gasteiger partial charge on any atom is -0.462 e. The molecule has 0 bridgehead atoms. The van der Waals surface area contributed by atoms with Gasteiger partial charge in [0.05, 0.1) is 6.61 Å². The highest BCUT2D eigenvalue weighted by Crippen LogP contribution is 2.18. The van der Waals surface area contributed by atoms with Crippen molar-refractivity contribution in [1.29, 1.82) is 0 Å². The molecular weight excluding hydrogens is 230 g/mol. The van der Waals surface area contributed by atoms with E-state index in [2.05, 4.69) is 0 Å². The summed E-state index contributed by atoms with van der Waals surface area (Å²) in [5.41, 5.74) is 5.63. The minimum absolute atomic E-state index is 0.235. The van der Waals surface area contributed by atoms with E-state index in [1.54, 1.807) is 6.92 Å². The molecule has 0 heterocycles. The van der Waals surface area contributed by atoms with Crippen LogP contribution in [0.25, 0.3) is 0 Å². The number of benzene rings is 1. The zero-order chi connectivity index (χ0) is 13.4. The number of nitrogens with two attached hydrogens (primary N) is 1. The molecule has 0 radical (unpaired) electrons. The monoisotopic (exact) mass is 251 g/mol. The van der Waals surface area contributed by atoms with E-state index >= 15 is 0 Å². The molecule has 100 valence electrons. The summed E-state index contributed by atoms with van der Waals surface area (Å²) in [5.74, 6) is -0.436. The predicted octanol–water partition coefficient (Wildman–Crippen LogP) is 1.83. The van der Waals surface area contributed by atoms with Crippen LogP contribution in [-0.2, 0) is 19.8 Å². The van der Waals surface area contributed by atoms with Gasteiger partial charge in [-0.05, 0) is 18.9 Å². The molecule has 1 aromatic rings. The summed E-state index contributed by atoms with van der Waals surface area (Å²) in [4.78, 5) is 11.9. The molecule has 0 saturated heterocycles. The van der Waals surface area contributed by atoms with Gasteiger partial charge in [0.15, 0.2) is 0 Å². The van der Waals surface area contributed by atoms with Crippen LogP contribution >= 0.6 is 0 Å². The van der Waals surface area contributed by atoms with Crippen molar-refractivity contribution in [1.82, 2.24) is 0 Å². The standard InChI is InChI=1S/C14H21NO3/c1-3-9-17-10-11-18-13(16)14(2,15)12-7-5-4-6-8-12/h4-8H,3,9-11,15H2,1-2H3. The summed E-state index contributed by atoms with van der Waals surface area (Å²) in [7, 11) is 0. The summed E-state index contributed by atoms with van der Waals surface area (Å²) in [6, 6.07) is 9.20. The van der Waals surface area contributed by atoms with E-state index in [9.17, 15) is 4.79 Å². The zero-order valence-electron chi connectivity index (χ0n) is 11.0. The normalized spacial score (nSPS) is 13.9. The van der Waals surface area contributed by atoms with Crippen LogP contribution in [-0.4, -0.2) is 25.8 Å². The van der Waals surface area contributed by atoms with E-state index < -0.39 is 11.5 Å². The quantitative estimate of drug-likeness (QED) is 0.593. The van der Waals surface area contributed by atoms with E-state index in [0.717, 1.165) is 12.0 Å². The van der Waals surface area contributed by atoms with Crippen molar-refractivity contribution in [2.45, 2.75) is 25.8 Å². The van der Waals surface area contributed by atoms with Gasteiger partial charge in [0, 0.05) is 6.61 Å². The molecule has 1 rings (SSSR count). The summed E-state index contributed by atoms with van der Waals surface area (Å²) in [5, 5.41) is 0. The van der Waals surface area contributed by atoms with Gasteiger partial charge in [0.25, 0.3) is 0 Å². The van der Waals surface area contributed by atoms with Crippen molar-refractivity contribution < 1.29 is 14.3 Å². The third-order valence-corrected chi connectivity index (χ3v) is 2.61. The number of rotatable bonds is 7. The molecule has 4 heteroatoms. The highest BCUT2D eigenvalue weighted by atomic mass is 16.6. The summed E-state index contributed by atoms with van der Waals surface area (Å²) >= 11 is 0. The van der Waals surface area contributed by atoms with Crippen LogP contribution in [0, 0.1) is 0 Å². The Labute approximate surface area is 108 Å².